The summed E-state index contributed by atoms with van der Waals surface area (Å²) in [6, 6.07) is 0. The van der Waals surface area contributed by atoms with Crippen LogP contribution in [-0.2, 0) is 4.74 Å². The lowest BCUT2D eigenvalue weighted by Gasteiger charge is -2.26. The van der Waals surface area contributed by atoms with Gasteiger partial charge in [0, 0.05) is 46.7 Å². The third-order valence-corrected chi connectivity index (χ3v) is 7.66. The standard InChI is InChI=1S/C11H22OS4/c1-2-12-4-3-5-14-7-11-9-15-10(6-13)8-16-11/h10-11,13H,2-9H2,1H3. The Bertz CT molecular complexity index is 160. The Balaban J connectivity index is 1.90. The highest BCUT2D eigenvalue weighted by Gasteiger charge is 2.20. The molecular weight excluding hydrogens is 276 g/mol. The first-order valence-electron chi connectivity index (χ1n) is 5.86. The third kappa shape index (κ3) is 6.94. The first-order valence-corrected chi connectivity index (χ1v) is 9.74. The average Bonchev–Trinajstić information content (AvgIpc) is 2.34. The van der Waals surface area contributed by atoms with Crippen LogP contribution in [0.4, 0.5) is 0 Å². The summed E-state index contributed by atoms with van der Waals surface area (Å²) in [6.07, 6.45) is 1.20. The van der Waals surface area contributed by atoms with Gasteiger partial charge in [0.15, 0.2) is 0 Å². The fraction of sp³-hybridized carbons (Fsp3) is 1.00. The molecule has 16 heavy (non-hydrogen) atoms. The molecule has 1 saturated heterocycles. The topological polar surface area (TPSA) is 9.23 Å². The predicted molar refractivity (Wildman–Crippen MR) is 84.8 cm³/mol. The van der Waals surface area contributed by atoms with Crippen LogP contribution in [0.15, 0.2) is 0 Å². The van der Waals surface area contributed by atoms with Crippen LogP contribution in [0.5, 0.6) is 0 Å². The summed E-state index contributed by atoms with van der Waals surface area (Å²) in [6.45, 7) is 3.84. The van der Waals surface area contributed by atoms with E-state index in [1.54, 1.807) is 0 Å². The minimum absolute atomic E-state index is 0.785. The SMILES string of the molecule is CCOCCCSCC1CSC(CS)CS1. The van der Waals surface area contributed by atoms with Gasteiger partial charge in [-0.1, -0.05) is 0 Å². The highest BCUT2D eigenvalue weighted by Crippen LogP contribution is 2.32. The zero-order chi connectivity index (χ0) is 11.6. The van der Waals surface area contributed by atoms with Gasteiger partial charge in [0.25, 0.3) is 0 Å². The molecular formula is C11H22OS4. The van der Waals surface area contributed by atoms with Crippen molar-refractivity contribution in [2.24, 2.45) is 0 Å². The molecule has 0 aromatic heterocycles. The van der Waals surface area contributed by atoms with E-state index in [1.165, 1.54) is 29.4 Å². The molecule has 1 heterocycles. The fourth-order valence-corrected chi connectivity index (χ4v) is 6.27. The summed E-state index contributed by atoms with van der Waals surface area (Å²) in [7, 11) is 0. The maximum Gasteiger partial charge on any atom is 0.0473 e. The Labute approximate surface area is 118 Å². The molecule has 0 amide bonds. The van der Waals surface area contributed by atoms with Gasteiger partial charge >= 0.3 is 0 Å². The van der Waals surface area contributed by atoms with Crippen LogP contribution in [0.3, 0.4) is 0 Å². The van der Waals surface area contributed by atoms with Crippen molar-refractivity contribution in [2.45, 2.75) is 23.8 Å². The van der Waals surface area contributed by atoms with Crippen molar-refractivity contribution in [1.82, 2.24) is 0 Å². The maximum atomic E-state index is 5.32. The first-order chi connectivity index (χ1) is 7.86. The predicted octanol–water partition coefficient (Wildman–Crippen LogP) is 3.29. The summed E-state index contributed by atoms with van der Waals surface area (Å²) in [4.78, 5) is 0. The molecule has 0 bridgehead atoms. The second kappa shape index (κ2) is 10.3. The van der Waals surface area contributed by atoms with Crippen molar-refractivity contribution in [3.63, 3.8) is 0 Å². The van der Waals surface area contributed by atoms with Gasteiger partial charge in [-0.2, -0.15) is 47.9 Å². The Morgan fingerprint density at radius 2 is 2.06 bits per heavy atom. The average molecular weight is 299 g/mol. The van der Waals surface area contributed by atoms with Crippen molar-refractivity contribution >= 4 is 47.9 Å². The molecule has 1 aliphatic rings. The molecule has 2 unspecified atom stereocenters. The number of rotatable bonds is 8. The maximum absolute atomic E-state index is 5.32. The van der Waals surface area contributed by atoms with Crippen molar-refractivity contribution in [2.75, 3.05) is 42.0 Å². The van der Waals surface area contributed by atoms with Gasteiger partial charge < -0.3 is 4.74 Å². The molecule has 1 nitrogen and oxygen atoms in total. The lowest BCUT2D eigenvalue weighted by atomic mass is 10.5. The van der Waals surface area contributed by atoms with E-state index in [9.17, 15) is 0 Å². The Morgan fingerprint density at radius 1 is 1.31 bits per heavy atom. The minimum atomic E-state index is 0.785. The number of hydrogen-bond donors (Lipinski definition) is 1. The normalized spacial score (nSPS) is 25.9. The molecule has 0 radical (unpaired) electrons. The monoisotopic (exact) mass is 298 g/mol. The smallest absolute Gasteiger partial charge is 0.0473 e. The minimum Gasteiger partial charge on any atom is -0.382 e. The molecule has 0 N–H and O–H groups in total. The molecule has 0 aliphatic carbocycles. The third-order valence-electron chi connectivity index (χ3n) is 2.32. The van der Waals surface area contributed by atoms with Gasteiger partial charge in [0.1, 0.15) is 0 Å². The highest BCUT2D eigenvalue weighted by atomic mass is 32.2. The van der Waals surface area contributed by atoms with E-state index < -0.39 is 0 Å². The highest BCUT2D eigenvalue weighted by molar-refractivity contribution is 8.08. The Kier molecular flexibility index (Phi) is 9.92. The van der Waals surface area contributed by atoms with E-state index in [-0.39, 0.29) is 0 Å². The number of hydrogen-bond acceptors (Lipinski definition) is 5. The van der Waals surface area contributed by atoms with Crippen molar-refractivity contribution in [1.29, 1.82) is 0 Å². The summed E-state index contributed by atoms with van der Waals surface area (Å²) < 4.78 is 5.32. The molecule has 0 aromatic carbocycles. The van der Waals surface area contributed by atoms with E-state index in [0.29, 0.717) is 0 Å². The van der Waals surface area contributed by atoms with E-state index in [0.717, 1.165) is 29.5 Å². The van der Waals surface area contributed by atoms with Gasteiger partial charge in [0.2, 0.25) is 0 Å². The molecule has 0 saturated carbocycles. The number of thiol groups is 1. The van der Waals surface area contributed by atoms with Gasteiger partial charge in [-0.05, 0) is 19.1 Å². The van der Waals surface area contributed by atoms with E-state index >= 15 is 0 Å². The molecule has 1 aliphatic heterocycles. The molecule has 5 heteroatoms. The largest absolute Gasteiger partial charge is 0.382 e. The lowest BCUT2D eigenvalue weighted by Crippen LogP contribution is -2.24. The Hall–Kier alpha value is 1.36. The van der Waals surface area contributed by atoms with E-state index in [1.807, 2.05) is 0 Å². The van der Waals surface area contributed by atoms with Crippen LogP contribution < -0.4 is 0 Å². The van der Waals surface area contributed by atoms with Gasteiger partial charge in [-0.3, -0.25) is 0 Å². The second-order valence-electron chi connectivity index (χ2n) is 3.72. The second-order valence-corrected chi connectivity index (χ2v) is 7.90. The van der Waals surface area contributed by atoms with Crippen LogP contribution in [0.2, 0.25) is 0 Å². The van der Waals surface area contributed by atoms with E-state index in [4.69, 9.17) is 4.74 Å². The lowest BCUT2D eigenvalue weighted by molar-refractivity contribution is 0.149. The molecule has 96 valence electrons. The molecule has 0 spiro atoms. The molecule has 1 fully saturated rings. The van der Waals surface area contributed by atoms with Crippen molar-refractivity contribution in [3.05, 3.63) is 0 Å². The summed E-state index contributed by atoms with van der Waals surface area (Å²) >= 11 is 10.7. The van der Waals surface area contributed by atoms with Gasteiger partial charge in [-0.25, -0.2) is 0 Å². The van der Waals surface area contributed by atoms with Crippen LogP contribution in [0, 0.1) is 0 Å². The summed E-state index contributed by atoms with van der Waals surface area (Å²) in [5, 5.41) is 1.64. The van der Waals surface area contributed by atoms with Gasteiger partial charge in [-0.15, -0.1) is 0 Å². The number of thioether (sulfide) groups is 3. The van der Waals surface area contributed by atoms with Crippen molar-refractivity contribution < 1.29 is 4.74 Å². The molecule has 1 rings (SSSR count). The zero-order valence-corrected chi connectivity index (χ0v) is 13.2. The fourth-order valence-electron chi connectivity index (χ4n) is 1.41. The van der Waals surface area contributed by atoms with Crippen LogP contribution in [-0.4, -0.2) is 52.5 Å². The van der Waals surface area contributed by atoms with Crippen LogP contribution in [0.25, 0.3) is 0 Å². The van der Waals surface area contributed by atoms with Gasteiger partial charge in [0.05, 0.1) is 0 Å². The Morgan fingerprint density at radius 3 is 2.69 bits per heavy atom. The van der Waals surface area contributed by atoms with Crippen molar-refractivity contribution in [3.8, 4) is 0 Å². The number of ether oxygens (including phenoxy) is 1. The summed E-state index contributed by atoms with van der Waals surface area (Å²) in [5.74, 6) is 6.19. The molecule has 0 aromatic rings. The molecule has 2 atom stereocenters. The zero-order valence-electron chi connectivity index (χ0n) is 9.89. The summed E-state index contributed by atoms with van der Waals surface area (Å²) in [5.41, 5.74) is 0. The van der Waals surface area contributed by atoms with Crippen LogP contribution >= 0.6 is 47.9 Å². The van der Waals surface area contributed by atoms with Crippen LogP contribution in [0.1, 0.15) is 13.3 Å². The quantitative estimate of drug-likeness (QED) is 0.543. The van der Waals surface area contributed by atoms with E-state index in [2.05, 4.69) is 54.8 Å². The first kappa shape index (κ1) is 15.4.